The second-order valence-electron chi connectivity index (χ2n) is 2.68. The molecule has 1 aromatic carbocycles. The van der Waals surface area contributed by atoms with E-state index >= 15 is 0 Å². The lowest BCUT2D eigenvalue weighted by molar-refractivity contribution is -0.115. The van der Waals surface area contributed by atoms with E-state index in [-0.39, 0.29) is 4.90 Å². The zero-order valence-electron chi connectivity index (χ0n) is 7.10. The van der Waals surface area contributed by atoms with Crippen molar-refractivity contribution in [2.24, 2.45) is 5.73 Å². The van der Waals surface area contributed by atoms with Gasteiger partial charge in [-0.2, -0.15) is 0 Å². The zero-order valence-corrected chi connectivity index (χ0v) is 10.1. The summed E-state index contributed by atoms with van der Waals surface area (Å²) >= 11 is 2.06. The Kier molecular flexibility index (Phi) is 3.48. The smallest absolute Gasteiger partial charge is 0.233 e. The number of benzene rings is 1. The van der Waals surface area contributed by atoms with E-state index in [4.69, 9.17) is 5.73 Å². The van der Waals surface area contributed by atoms with Crippen molar-refractivity contribution in [1.29, 1.82) is 0 Å². The van der Waals surface area contributed by atoms with Gasteiger partial charge in [-0.15, -0.1) is 0 Å². The molecule has 6 heteroatoms. The molecule has 1 rings (SSSR count). The second-order valence-corrected chi connectivity index (χ2v) is 5.91. The molecule has 0 fully saturated rings. The first-order valence-electron chi connectivity index (χ1n) is 3.68. The molecule has 0 spiro atoms. The van der Waals surface area contributed by atoms with Crippen molar-refractivity contribution < 1.29 is 13.2 Å². The molecule has 0 radical (unpaired) electrons. The van der Waals surface area contributed by atoms with E-state index in [0.29, 0.717) is 0 Å². The molecular formula is C8H8INO3S. The predicted octanol–water partition coefficient (Wildman–Crippen LogP) is 0.550. The number of rotatable bonds is 3. The molecule has 0 aromatic heterocycles. The second kappa shape index (κ2) is 4.26. The third kappa shape index (κ3) is 2.95. The number of sulfone groups is 1. The molecule has 14 heavy (non-hydrogen) atoms. The molecule has 0 aliphatic carbocycles. The average molecular weight is 325 g/mol. The molecule has 1 aromatic rings. The summed E-state index contributed by atoms with van der Waals surface area (Å²) in [7, 11) is -3.55. The van der Waals surface area contributed by atoms with Crippen LogP contribution in [0.4, 0.5) is 0 Å². The van der Waals surface area contributed by atoms with Crippen LogP contribution in [0.1, 0.15) is 0 Å². The Bertz CT molecular complexity index is 438. The number of carbonyl (C=O) groups excluding carboxylic acids is 1. The quantitative estimate of drug-likeness (QED) is 0.825. The van der Waals surface area contributed by atoms with Crippen LogP contribution in [0.2, 0.25) is 0 Å². The summed E-state index contributed by atoms with van der Waals surface area (Å²) in [6.07, 6.45) is 0. The minimum Gasteiger partial charge on any atom is -0.369 e. The molecule has 0 saturated heterocycles. The van der Waals surface area contributed by atoms with E-state index in [2.05, 4.69) is 22.6 Å². The van der Waals surface area contributed by atoms with Gasteiger partial charge in [0.1, 0.15) is 5.75 Å². The van der Waals surface area contributed by atoms with Gasteiger partial charge in [-0.05, 0) is 46.9 Å². The fraction of sp³-hybridized carbons (Fsp3) is 0.125. The minimum absolute atomic E-state index is 0.122. The van der Waals surface area contributed by atoms with Gasteiger partial charge in [0.15, 0.2) is 9.84 Å². The Morgan fingerprint density at radius 1 is 1.29 bits per heavy atom. The van der Waals surface area contributed by atoms with Crippen molar-refractivity contribution >= 4 is 38.3 Å². The molecule has 0 heterocycles. The molecule has 0 atom stereocenters. The van der Waals surface area contributed by atoms with Crippen LogP contribution in [0.25, 0.3) is 0 Å². The maximum absolute atomic E-state index is 11.5. The highest BCUT2D eigenvalue weighted by molar-refractivity contribution is 14.1. The summed E-state index contributed by atoms with van der Waals surface area (Å²) in [5.74, 6) is -1.49. The van der Waals surface area contributed by atoms with Crippen molar-refractivity contribution in [2.45, 2.75) is 4.90 Å². The summed E-state index contributed by atoms with van der Waals surface area (Å²) in [6, 6.07) is 6.24. The first kappa shape index (κ1) is 11.4. The normalized spacial score (nSPS) is 11.2. The molecule has 4 nitrogen and oxygen atoms in total. The summed E-state index contributed by atoms with van der Waals surface area (Å²) in [5.41, 5.74) is 4.83. The lowest BCUT2D eigenvalue weighted by Crippen LogP contribution is -2.23. The van der Waals surface area contributed by atoms with Gasteiger partial charge in [0.05, 0.1) is 4.90 Å². The SMILES string of the molecule is NC(=O)CS(=O)(=O)c1ccc(I)cc1. The topological polar surface area (TPSA) is 77.2 Å². The first-order chi connectivity index (χ1) is 6.42. The molecule has 0 aliphatic rings. The van der Waals surface area contributed by atoms with E-state index in [1.165, 1.54) is 12.1 Å². The summed E-state index contributed by atoms with van der Waals surface area (Å²) < 4.78 is 23.8. The van der Waals surface area contributed by atoms with Crippen LogP contribution in [0.3, 0.4) is 0 Å². The first-order valence-corrected chi connectivity index (χ1v) is 6.41. The largest absolute Gasteiger partial charge is 0.369 e. The van der Waals surface area contributed by atoms with E-state index in [0.717, 1.165) is 3.57 Å². The maximum Gasteiger partial charge on any atom is 0.233 e. The number of hydrogen-bond donors (Lipinski definition) is 1. The van der Waals surface area contributed by atoms with E-state index in [9.17, 15) is 13.2 Å². The molecule has 76 valence electrons. The van der Waals surface area contributed by atoms with Crippen LogP contribution in [-0.4, -0.2) is 20.1 Å². The van der Waals surface area contributed by atoms with Crippen molar-refractivity contribution in [3.63, 3.8) is 0 Å². The minimum atomic E-state index is -3.55. The molecule has 0 unspecified atom stereocenters. The standard InChI is InChI=1S/C8H8INO3S/c9-6-1-3-7(4-2-6)14(12,13)5-8(10)11/h1-4H,5H2,(H2,10,11). The number of halogens is 1. The van der Waals surface area contributed by atoms with Crippen molar-refractivity contribution in [1.82, 2.24) is 0 Å². The molecule has 1 amide bonds. The van der Waals surface area contributed by atoms with Gasteiger partial charge in [-0.3, -0.25) is 4.79 Å². The molecule has 0 saturated carbocycles. The van der Waals surface area contributed by atoms with Crippen molar-refractivity contribution in [2.75, 3.05) is 5.75 Å². The third-order valence-corrected chi connectivity index (χ3v) is 3.88. The highest BCUT2D eigenvalue weighted by Gasteiger charge is 2.16. The summed E-state index contributed by atoms with van der Waals surface area (Å²) in [6.45, 7) is 0. The number of nitrogens with two attached hydrogens (primary N) is 1. The Morgan fingerprint density at radius 2 is 1.79 bits per heavy atom. The maximum atomic E-state index is 11.5. The Balaban J connectivity index is 3.05. The predicted molar refractivity (Wildman–Crippen MR) is 60.4 cm³/mol. The lowest BCUT2D eigenvalue weighted by atomic mass is 10.4. The fourth-order valence-corrected chi connectivity index (χ4v) is 2.36. The highest BCUT2D eigenvalue weighted by Crippen LogP contribution is 2.13. The monoisotopic (exact) mass is 325 g/mol. The van der Waals surface area contributed by atoms with Crippen molar-refractivity contribution in [3.8, 4) is 0 Å². The number of carbonyl (C=O) groups is 1. The third-order valence-electron chi connectivity index (χ3n) is 1.51. The van der Waals surface area contributed by atoms with Gasteiger partial charge in [0.25, 0.3) is 0 Å². The summed E-state index contributed by atoms with van der Waals surface area (Å²) in [5, 5.41) is 0. The molecule has 2 N–H and O–H groups in total. The van der Waals surface area contributed by atoms with E-state index in [1.54, 1.807) is 12.1 Å². The number of hydrogen-bond acceptors (Lipinski definition) is 3. The molecule has 0 aliphatic heterocycles. The number of primary amides is 1. The van der Waals surface area contributed by atoms with Gasteiger partial charge >= 0.3 is 0 Å². The van der Waals surface area contributed by atoms with Crippen LogP contribution < -0.4 is 5.73 Å². The molecule has 0 bridgehead atoms. The number of amides is 1. The Labute approximate surface area is 95.5 Å². The molecular weight excluding hydrogens is 317 g/mol. The van der Waals surface area contributed by atoms with Crippen LogP contribution in [0.15, 0.2) is 29.2 Å². The average Bonchev–Trinajstić information content (AvgIpc) is 2.02. The van der Waals surface area contributed by atoms with E-state index in [1.807, 2.05) is 0 Å². The zero-order chi connectivity index (χ0) is 10.8. The fourth-order valence-electron chi connectivity index (χ4n) is 0.913. The van der Waals surface area contributed by atoms with Gasteiger partial charge < -0.3 is 5.73 Å². The van der Waals surface area contributed by atoms with Gasteiger partial charge in [0, 0.05) is 3.57 Å². The van der Waals surface area contributed by atoms with Crippen LogP contribution in [0.5, 0.6) is 0 Å². The van der Waals surface area contributed by atoms with Crippen LogP contribution >= 0.6 is 22.6 Å². The Morgan fingerprint density at radius 3 is 2.21 bits per heavy atom. The summed E-state index contributed by atoms with van der Waals surface area (Å²) in [4.78, 5) is 10.6. The van der Waals surface area contributed by atoms with Crippen molar-refractivity contribution in [3.05, 3.63) is 27.8 Å². The van der Waals surface area contributed by atoms with Crippen LogP contribution in [0, 0.1) is 3.57 Å². The highest BCUT2D eigenvalue weighted by atomic mass is 127. The van der Waals surface area contributed by atoms with Gasteiger partial charge in [-0.1, -0.05) is 0 Å². The van der Waals surface area contributed by atoms with Gasteiger partial charge in [-0.25, -0.2) is 8.42 Å². The van der Waals surface area contributed by atoms with E-state index < -0.39 is 21.5 Å². The van der Waals surface area contributed by atoms with Crippen LogP contribution in [-0.2, 0) is 14.6 Å². The van der Waals surface area contributed by atoms with Gasteiger partial charge in [0.2, 0.25) is 5.91 Å². The Hall–Kier alpha value is -0.630. The lowest BCUT2D eigenvalue weighted by Gasteiger charge is -2.01.